The fraction of sp³-hybridized carbons (Fsp3) is 0.375. The Balaban J connectivity index is 1.33. The van der Waals surface area contributed by atoms with Gasteiger partial charge in [0.25, 0.3) is 5.91 Å². The minimum atomic E-state index is -0.222. The van der Waals surface area contributed by atoms with Gasteiger partial charge in [-0.25, -0.2) is 0 Å². The summed E-state index contributed by atoms with van der Waals surface area (Å²) in [5, 5.41) is 11.7. The van der Waals surface area contributed by atoms with Crippen LogP contribution in [0.2, 0.25) is 0 Å². The van der Waals surface area contributed by atoms with E-state index in [-0.39, 0.29) is 18.1 Å². The molecule has 0 aliphatic carbocycles. The SMILES string of the molecule is Cc1nn(-c2ccccc2)nc1C(=O)NCc1ccc(CN2CC(C)OC(C)C2)cc1. The van der Waals surface area contributed by atoms with Crippen molar-refractivity contribution in [2.24, 2.45) is 0 Å². The summed E-state index contributed by atoms with van der Waals surface area (Å²) in [5.41, 5.74) is 4.08. The summed E-state index contributed by atoms with van der Waals surface area (Å²) in [6.07, 6.45) is 0.531. The Kier molecular flexibility index (Phi) is 6.44. The number of hydrogen-bond donors (Lipinski definition) is 1. The number of nitrogens with one attached hydrogen (secondary N) is 1. The van der Waals surface area contributed by atoms with Crippen molar-refractivity contribution >= 4 is 5.91 Å². The minimum Gasteiger partial charge on any atom is -0.373 e. The van der Waals surface area contributed by atoms with Crippen LogP contribution in [0.4, 0.5) is 0 Å². The molecule has 0 saturated carbocycles. The number of ether oxygens (including phenoxy) is 1. The number of nitrogens with zero attached hydrogens (tertiary/aromatic N) is 4. The van der Waals surface area contributed by atoms with Crippen LogP contribution >= 0.6 is 0 Å². The van der Waals surface area contributed by atoms with Crippen LogP contribution in [0.1, 0.15) is 41.2 Å². The van der Waals surface area contributed by atoms with Crippen LogP contribution < -0.4 is 5.32 Å². The molecule has 7 heteroatoms. The molecule has 1 N–H and O–H groups in total. The van der Waals surface area contributed by atoms with Crippen LogP contribution in [0.15, 0.2) is 54.6 Å². The number of aryl methyl sites for hydroxylation is 1. The molecule has 7 nitrogen and oxygen atoms in total. The molecule has 2 atom stereocenters. The van der Waals surface area contributed by atoms with E-state index in [0.717, 1.165) is 30.9 Å². The van der Waals surface area contributed by atoms with Crippen molar-refractivity contribution in [2.45, 2.75) is 46.1 Å². The van der Waals surface area contributed by atoms with Crippen molar-refractivity contribution in [3.8, 4) is 5.69 Å². The topological polar surface area (TPSA) is 72.3 Å². The molecular weight excluding hydrogens is 390 g/mol. The van der Waals surface area contributed by atoms with Crippen LogP contribution in [0, 0.1) is 6.92 Å². The second kappa shape index (κ2) is 9.41. The molecule has 2 heterocycles. The Morgan fingerprint density at radius 1 is 1.00 bits per heavy atom. The van der Waals surface area contributed by atoms with Gasteiger partial charge in [-0.15, -0.1) is 5.10 Å². The summed E-state index contributed by atoms with van der Waals surface area (Å²) < 4.78 is 5.81. The molecule has 1 aliphatic rings. The van der Waals surface area contributed by atoms with Crippen molar-refractivity contribution in [2.75, 3.05) is 13.1 Å². The van der Waals surface area contributed by atoms with Gasteiger partial charge in [-0.1, -0.05) is 42.5 Å². The average molecular weight is 420 g/mol. The zero-order valence-electron chi connectivity index (χ0n) is 18.3. The van der Waals surface area contributed by atoms with E-state index >= 15 is 0 Å². The highest BCUT2D eigenvalue weighted by Crippen LogP contribution is 2.15. The van der Waals surface area contributed by atoms with Crippen LogP contribution in [0.25, 0.3) is 5.69 Å². The summed E-state index contributed by atoms with van der Waals surface area (Å²) in [4.78, 5) is 16.5. The first-order valence-corrected chi connectivity index (χ1v) is 10.7. The van der Waals surface area contributed by atoms with Crippen LogP contribution in [0.3, 0.4) is 0 Å². The smallest absolute Gasteiger partial charge is 0.274 e. The fourth-order valence-electron chi connectivity index (χ4n) is 3.97. The molecule has 162 valence electrons. The van der Waals surface area contributed by atoms with E-state index < -0.39 is 0 Å². The molecule has 2 aromatic carbocycles. The molecule has 1 amide bonds. The number of para-hydroxylation sites is 1. The standard InChI is InChI=1S/C24H29N5O2/c1-17-14-28(15-18(2)31-17)16-21-11-9-20(10-12-21)13-25-24(30)23-19(3)26-29(27-23)22-7-5-4-6-8-22/h4-12,17-18H,13-16H2,1-3H3,(H,25,30). The predicted molar refractivity (Wildman–Crippen MR) is 119 cm³/mol. The molecule has 1 fully saturated rings. The number of aromatic nitrogens is 3. The molecule has 2 unspecified atom stereocenters. The van der Waals surface area contributed by atoms with E-state index in [2.05, 4.69) is 58.5 Å². The quantitative estimate of drug-likeness (QED) is 0.665. The van der Waals surface area contributed by atoms with E-state index in [1.807, 2.05) is 30.3 Å². The van der Waals surface area contributed by atoms with Crippen molar-refractivity contribution in [1.29, 1.82) is 0 Å². The number of morpholine rings is 1. The Morgan fingerprint density at radius 2 is 1.65 bits per heavy atom. The largest absolute Gasteiger partial charge is 0.373 e. The number of hydrogen-bond acceptors (Lipinski definition) is 5. The molecule has 1 saturated heterocycles. The highest BCUT2D eigenvalue weighted by molar-refractivity contribution is 5.93. The van der Waals surface area contributed by atoms with E-state index in [1.165, 1.54) is 10.4 Å². The van der Waals surface area contributed by atoms with Gasteiger partial charge < -0.3 is 10.1 Å². The molecule has 31 heavy (non-hydrogen) atoms. The predicted octanol–water partition coefficient (Wildman–Crippen LogP) is 3.11. The van der Waals surface area contributed by atoms with Gasteiger partial charge in [-0.2, -0.15) is 9.90 Å². The molecule has 0 spiro atoms. The number of carbonyl (C=O) groups excluding carboxylic acids is 1. The van der Waals surface area contributed by atoms with Crippen LogP contribution in [-0.4, -0.2) is 51.1 Å². The third kappa shape index (κ3) is 5.37. The molecule has 4 rings (SSSR count). The van der Waals surface area contributed by atoms with Crippen molar-refractivity contribution in [1.82, 2.24) is 25.2 Å². The Morgan fingerprint density at radius 3 is 2.32 bits per heavy atom. The van der Waals surface area contributed by atoms with Gasteiger partial charge in [0, 0.05) is 26.2 Å². The normalized spacial score (nSPS) is 19.3. The summed E-state index contributed by atoms with van der Waals surface area (Å²) in [6.45, 7) is 9.29. The van der Waals surface area contributed by atoms with Gasteiger partial charge in [0.2, 0.25) is 0 Å². The van der Waals surface area contributed by atoms with E-state index in [0.29, 0.717) is 17.9 Å². The van der Waals surface area contributed by atoms with Gasteiger partial charge in [-0.05, 0) is 44.0 Å². The molecule has 0 bridgehead atoms. The van der Waals surface area contributed by atoms with Gasteiger partial charge in [-0.3, -0.25) is 9.69 Å². The number of benzene rings is 2. The maximum absolute atomic E-state index is 12.6. The van der Waals surface area contributed by atoms with Gasteiger partial charge in [0.1, 0.15) is 0 Å². The Hall–Kier alpha value is -3.03. The lowest BCUT2D eigenvalue weighted by Crippen LogP contribution is -2.44. The van der Waals surface area contributed by atoms with E-state index in [1.54, 1.807) is 6.92 Å². The first kappa shape index (κ1) is 21.2. The van der Waals surface area contributed by atoms with Crippen molar-refractivity contribution in [3.05, 3.63) is 77.1 Å². The molecule has 0 radical (unpaired) electrons. The average Bonchev–Trinajstić information content (AvgIpc) is 3.15. The zero-order chi connectivity index (χ0) is 21.8. The maximum atomic E-state index is 12.6. The van der Waals surface area contributed by atoms with Crippen molar-refractivity contribution < 1.29 is 9.53 Å². The molecule has 3 aromatic rings. The number of rotatable bonds is 6. The lowest BCUT2D eigenvalue weighted by atomic mass is 10.1. The Bertz CT molecular complexity index is 1010. The monoisotopic (exact) mass is 419 g/mol. The van der Waals surface area contributed by atoms with E-state index in [9.17, 15) is 4.79 Å². The fourth-order valence-corrected chi connectivity index (χ4v) is 3.97. The highest BCUT2D eigenvalue weighted by atomic mass is 16.5. The third-order valence-electron chi connectivity index (χ3n) is 5.36. The van der Waals surface area contributed by atoms with Crippen LogP contribution in [0.5, 0.6) is 0 Å². The number of amides is 1. The summed E-state index contributed by atoms with van der Waals surface area (Å²) in [6, 6.07) is 18.0. The van der Waals surface area contributed by atoms with E-state index in [4.69, 9.17) is 4.74 Å². The number of carbonyl (C=O) groups is 1. The third-order valence-corrected chi connectivity index (χ3v) is 5.36. The highest BCUT2D eigenvalue weighted by Gasteiger charge is 2.22. The molecule has 1 aliphatic heterocycles. The molecule has 1 aromatic heterocycles. The van der Waals surface area contributed by atoms with Crippen LogP contribution in [-0.2, 0) is 17.8 Å². The Labute approximate surface area is 183 Å². The second-order valence-corrected chi connectivity index (χ2v) is 8.21. The summed E-state index contributed by atoms with van der Waals surface area (Å²) in [7, 11) is 0. The zero-order valence-corrected chi connectivity index (χ0v) is 18.3. The molecular formula is C24H29N5O2. The lowest BCUT2D eigenvalue weighted by Gasteiger charge is -2.35. The summed E-state index contributed by atoms with van der Waals surface area (Å²) in [5.74, 6) is -0.222. The lowest BCUT2D eigenvalue weighted by molar-refractivity contribution is -0.0704. The van der Waals surface area contributed by atoms with Gasteiger partial charge in [0.05, 0.1) is 23.6 Å². The minimum absolute atomic E-state index is 0.222. The summed E-state index contributed by atoms with van der Waals surface area (Å²) >= 11 is 0. The van der Waals surface area contributed by atoms with Gasteiger partial charge in [0.15, 0.2) is 5.69 Å². The first-order valence-electron chi connectivity index (χ1n) is 10.7. The maximum Gasteiger partial charge on any atom is 0.274 e. The van der Waals surface area contributed by atoms with Crippen molar-refractivity contribution in [3.63, 3.8) is 0 Å². The van der Waals surface area contributed by atoms with Gasteiger partial charge >= 0.3 is 0 Å². The second-order valence-electron chi connectivity index (χ2n) is 8.21. The first-order chi connectivity index (χ1) is 15.0.